The molecule has 4 aromatic rings. The van der Waals surface area contributed by atoms with Gasteiger partial charge in [-0.05, 0) is 84.7 Å². The third-order valence-corrected chi connectivity index (χ3v) is 5.74. The number of carbonyl (C=O) groups excluding carboxylic acids is 1. The van der Waals surface area contributed by atoms with Crippen molar-refractivity contribution >= 4 is 40.0 Å². The number of amides is 1. The number of carbonyl (C=O) groups is 1. The molecule has 1 aromatic heterocycles. The molecule has 7 heteroatoms. The van der Waals surface area contributed by atoms with E-state index >= 15 is 0 Å². The van der Waals surface area contributed by atoms with Crippen molar-refractivity contribution < 1.29 is 13.9 Å². The summed E-state index contributed by atoms with van der Waals surface area (Å²) < 4.78 is 11.1. The molecule has 4 rings (SSSR count). The van der Waals surface area contributed by atoms with Crippen LogP contribution in [0.2, 0.25) is 0 Å². The number of thiocarbonyl (C=S) groups is 1. The molecule has 1 amide bonds. The van der Waals surface area contributed by atoms with Crippen LogP contribution in [-0.2, 0) is 0 Å². The van der Waals surface area contributed by atoms with Crippen molar-refractivity contribution in [3.8, 4) is 17.2 Å². The van der Waals surface area contributed by atoms with E-state index in [0.717, 1.165) is 28.8 Å². The maximum absolute atomic E-state index is 12.4. The Morgan fingerprint density at radius 1 is 1.12 bits per heavy atom. The first-order chi connectivity index (χ1) is 16.0. The largest absolute Gasteiger partial charge is 0.497 e. The van der Waals surface area contributed by atoms with Gasteiger partial charge in [0.25, 0.3) is 5.91 Å². The molecular weight excluding hydrogens is 434 g/mol. The number of hydrogen-bond donors (Lipinski definition) is 2. The number of benzene rings is 3. The predicted octanol–water partition coefficient (Wildman–Crippen LogP) is 6.14. The Morgan fingerprint density at radius 2 is 1.91 bits per heavy atom. The number of oxazole rings is 1. The minimum Gasteiger partial charge on any atom is -0.497 e. The first-order valence-corrected chi connectivity index (χ1v) is 11.1. The van der Waals surface area contributed by atoms with Gasteiger partial charge in [0.05, 0.1) is 7.11 Å². The van der Waals surface area contributed by atoms with Gasteiger partial charge in [-0.2, -0.15) is 0 Å². The monoisotopic (exact) mass is 459 g/mol. The number of nitrogens with one attached hydrogen (secondary N) is 2. The highest BCUT2D eigenvalue weighted by molar-refractivity contribution is 7.80. The first-order valence-electron chi connectivity index (χ1n) is 10.7. The van der Waals surface area contributed by atoms with Crippen molar-refractivity contribution in [2.75, 3.05) is 12.4 Å². The topological polar surface area (TPSA) is 76.4 Å². The molecule has 0 saturated heterocycles. The molecule has 1 unspecified atom stereocenters. The third-order valence-electron chi connectivity index (χ3n) is 5.54. The number of rotatable bonds is 6. The molecule has 0 radical (unpaired) electrons. The zero-order valence-corrected chi connectivity index (χ0v) is 19.5. The first kappa shape index (κ1) is 22.5. The number of fused-ring (bicyclic) bond motifs is 1. The summed E-state index contributed by atoms with van der Waals surface area (Å²) in [5, 5.41) is 5.93. The van der Waals surface area contributed by atoms with Crippen LogP contribution in [-0.4, -0.2) is 23.1 Å². The SMILES string of the molecule is CCC(C)c1ccc2oc(-c3cccc(NC(=S)NC(=O)c4ccc(OC)cc4)c3)nc2c1. The summed E-state index contributed by atoms with van der Waals surface area (Å²) in [4.78, 5) is 17.1. The van der Waals surface area contributed by atoms with Gasteiger partial charge in [0.1, 0.15) is 11.3 Å². The highest BCUT2D eigenvalue weighted by Crippen LogP contribution is 2.29. The quantitative estimate of drug-likeness (QED) is 0.337. The van der Waals surface area contributed by atoms with Crippen molar-refractivity contribution in [2.24, 2.45) is 0 Å². The molecule has 0 aliphatic heterocycles. The van der Waals surface area contributed by atoms with Crippen LogP contribution in [0.15, 0.2) is 71.1 Å². The number of anilines is 1. The van der Waals surface area contributed by atoms with Crippen LogP contribution in [0.4, 0.5) is 5.69 Å². The molecular formula is C26H25N3O3S. The van der Waals surface area contributed by atoms with Crippen LogP contribution in [0, 0.1) is 0 Å². The molecule has 0 fully saturated rings. The number of hydrogen-bond acceptors (Lipinski definition) is 5. The number of ether oxygens (including phenoxy) is 1. The van der Waals surface area contributed by atoms with E-state index in [9.17, 15) is 4.79 Å². The van der Waals surface area contributed by atoms with Crippen molar-refractivity contribution in [1.82, 2.24) is 10.3 Å². The van der Waals surface area contributed by atoms with Crippen molar-refractivity contribution in [2.45, 2.75) is 26.2 Å². The van der Waals surface area contributed by atoms with Gasteiger partial charge in [-0.25, -0.2) is 4.98 Å². The minimum absolute atomic E-state index is 0.198. The average Bonchev–Trinajstić information content (AvgIpc) is 3.27. The van der Waals surface area contributed by atoms with E-state index in [1.165, 1.54) is 5.56 Å². The van der Waals surface area contributed by atoms with Gasteiger partial charge in [0.15, 0.2) is 10.7 Å². The molecule has 2 N–H and O–H groups in total. The number of aromatic nitrogens is 1. The van der Waals surface area contributed by atoms with E-state index in [0.29, 0.717) is 23.1 Å². The molecule has 6 nitrogen and oxygen atoms in total. The fourth-order valence-electron chi connectivity index (χ4n) is 3.42. The molecule has 1 heterocycles. The highest BCUT2D eigenvalue weighted by atomic mass is 32.1. The summed E-state index contributed by atoms with van der Waals surface area (Å²) in [6.07, 6.45) is 1.07. The number of methoxy groups -OCH3 is 1. The zero-order valence-electron chi connectivity index (χ0n) is 18.7. The number of nitrogens with zero attached hydrogens (tertiary/aromatic N) is 1. The summed E-state index contributed by atoms with van der Waals surface area (Å²) in [6.45, 7) is 4.37. The Hall–Kier alpha value is -3.71. The van der Waals surface area contributed by atoms with Gasteiger partial charge in [0, 0.05) is 16.8 Å². The Morgan fingerprint density at radius 3 is 2.64 bits per heavy atom. The van der Waals surface area contributed by atoms with E-state index < -0.39 is 0 Å². The van der Waals surface area contributed by atoms with E-state index in [1.54, 1.807) is 31.4 Å². The molecule has 168 valence electrons. The van der Waals surface area contributed by atoms with Gasteiger partial charge in [-0.15, -0.1) is 0 Å². The van der Waals surface area contributed by atoms with E-state index in [-0.39, 0.29) is 11.0 Å². The third kappa shape index (κ3) is 5.21. The molecule has 0 saturated carbocycles. The van der Waals surface area contributed by atoms with E-state index in [4.69, 9.17) is 21.4 Å². The normalized spacial score (nSPS) is 11.7. The summed E-state index contributed by atoms with van der Waals surface area (Å²) in [5.41, 5.74) is 4.84. The molecule has 3 aromatic carbocycles. The van der Waals surface area contributed by atoms with Crippen LogP contribution in [0.3, 0.4) is 0 Å². The second kappa shape index (κ2) is 9.83. The van der Waals surface area contributed by atoms with Gasteiger partial charge in [0.2, 0.25) is 5.89 Å². The predicted molar refractivity (Wildman–Crippen MR) is 135 cm³/mol. The molecule has 0 aliphatic rings. The zero-order chi connectivity index (χ0) is 23.4. The molecule has 33 heavy (non-hydrogen) atoms. The lowest BCUT2D eigenvalue weighted by Gasteiger charge is -2.10. The van der Waals surface area contributed by atoms with Gasteiger partial charge in [-0.1, -0.05) is 26.0 Å². The second-order valence-electron chi connectivity index (χ2n) is 7.77. The van der Waals surface area contributed by atoms with Crippen LogP contribution in [0.5, 0.6) is 5.75 Å². The second-order valence-corrected chi connectivity index (χ2v) is 8.18. The molecule has 1 atom stereocenters. The van der Waals surface area contributed by atoms with Gasteiger partial charge >= 0.3 is 0 Å². The lowest BCUT2D eigenvalue weighted by molar-refractivity contribution is 0.0977. The van der Waals surface area contributed by atoms with Crippen LogP contribution in [0.25, 0.3) is 22.6 Å². The standard InChI is InChI=1S/C26H25N3O3S/c1-4-16(2)18-10-13-23-22(15-18)28-25(32-23)19-6-5-7-20(14-19)27-26(33)29-24(30)17-8-11-21(31-3)12-9-17/h5-16H,4H2,1-3H3,(H2,27,29,30,33). The van der Waals surface area contributed by atoms with Crippen LogP contribution in [0.1, 0.15) is 42.1 Å². The summed E-state index contributed by atoms with van der Waals surface area (Å²) in [7, 11) is 1.58. The Labute approximate surface area is 198 Å². The van der Waals surface area contributed by atoms with Crippen LogP contribution >= 0.6 is 12.2 Å². The Kier molecular flexibility index (Phi) is 6.70. The van der Waals surface area contributed by atoms with Crippen molar-refractivity contribution in [3.05, 3.63) is 77.9 Å². The Bertz CT molecular complexity index is 1300. The minimum atomic E-state index is -0.303. The molecule has 0 spiro atoms. The Balaban J connectivity index is 1.47. The lowest BCUT2D eigenvalue weighted by atomic mass is 9.98. The van der Waals surface area contributed by atoms with Gasteiger partial charge < -0.3 is 14.5 Å². The van der Waals surface area contributed by atoms with Gasteiger partial charge in [-0.3, -0.25) is 10.1 Å². The maximum Gasteiger partial charge on any atom is 0.257 e. The van der Waals surface area contributed by atoms with E-state index in [2.05, 4.69) is 41.6 Å². The average molecular weight is 460 g/mol. The van der Waals surface area contributed by atoms with Crippen molar-refractivity contribution in [1.29, 1.82) is 0 Å². The lowest BCUT2D eigenvalue weighted by Crippen LogP contribution is -2.34. The summed E-state index contributed by atoms with van der Waals surface area (Å²) in [6, 6.07) is 20.5. The summed E-state index contributed by atoms with van der Waals surface area (Å²) in [5.74, 6) is 1.38. The van der Waals surface area contributed by atoms with E-state index in [1.807, 2.05) is 30.3 Å². The maximum atomic E-state index is 12.4. The molecule has 0 aliphatic carbocycles. The van der Waals surface area contributed by atoms with Crippen molar-refractivity contribution in [3.63, 3.8) is 0 Å². The fraction of sp³-hybridized carbons (Fsp3) is 0.192. The molecule has 0 bridgehead atoms. The smallest absolute Gasteiger partial charge is 0.257 e. The fourth-order valence-corrected chi connectivity index (χ4v) is 3.63. The van der Waals surface area contributed by atoms with Crippen LogP contribution < -0.4 is 15.4 Å². The highest BCUT2D eigenvalue weighted by Gasteiger charge is 2.12. The summed E-state index contributed by atoms with van der Waals surface area (Å²) >= 11 is 5.32.